The molecule has 2 rings (SSSR count). The first-order chi connectivity index (χ1) is 12.5. The van der Waals surface area contributed by atoms with Crippen LogP contribution in [0.4, 0.5) is 0 Å². The fourth-order valence-corrected chi connectivity index (χ4v) is 2.42. The molecule has 9 heteroatoms. The second kappa shape index (κ2) is 9.11. The van der Waals surface area contributed by atoms with E-state index in [9.17, 15) is 19.7 Å². The predicted octanol–water partition coefficient (Wildman–Crippen LogP) is 1.22. The highest BCUT2D eigenvalue weighted by Gasteiger charge is 2.13. The molecule has 26 heavy (non-hydrogen) atoms. The Bertz CT molecular complexity index is 824. The van der Waals surface area contributed by atoms with Crippen LogP contribution in [0.3, 0.4) is 0 Å². The number of nitrogens with one attached hydrogen (secondary N) is 4. The number of hydrogen-bond acceptors (Lipinski definition) is 5. The van der Waals surface area contributed by atoms with Crippen LogP contribution in [0.1, 0.15) is 23.2 Å². The number of hydrogen-bond donors (Lipinski definition) is 4. The van der Waals surface area contributed by atoms with Crippen molar-refractivity contribution in [3.05, 3.63) is 58.1 Å². The van der Waals surface area contributed by atoms with E-state index in [-0.39, 0.29) is 12.5 Å². The Labute approximate surface area is 149 Å². The molecular weight excluding hydrogens is 338 g/mol. The van der Waals surface area contributed by atoms with Gasteiger partial charge in [-0.15, -0.1) is 0 Å². The lowest BCUT2D eigenvalue weighted by Crippen LogP contribution is -2.41. The molecule has 0 saturated carbocycles. The molecule has 0 aliphatic heterocycles. The van der Waals surface area contributed by atoms with Gasteiger partial charge in [0.2, 0.25) is 0 Å². The number of amides is 1. The van der Waals surface area contributed by atoms with Gasteiger partial charge in [0.25, 0.3) is 11.9 Å². The van der Waals surface area contributed by atoms with Gasteiger partial charge in [0, 0.05) is 12.1 Å². The van der Waals surface area contributed by atoms with E-state index in [1.807, 2.05) is 30.3 Å². The third kappa shape index (κ3) is 5.55. The zero-order chi connectivity index (χ0) is 18.9. The monoisotopic (exact) mass is 357 g/mol. The molecule has 1 unspecified atom stereocenters. The summed E-state index contributed by atoms with van der Waals surface area (Å²) >= 11 is 0. The van der Waals surface area contributed by atoms with E-state index in [4.69, 9.17) is 5.41 Å². The molecule has 0 bridgehead atoms. The highest BCUT2D eigenvalue weighted by atomic mass is 16.7. The highest BCUT2D eigenvalue weighted by Crippen LogP contribution is 2.15. The van der Waals surface area contributed by atoms with Crippen LogP contribution in [0.2, 0.25) is 0 Å². The quantitative estimate of drug-likeness (QED) is 0.140. The second-order valence-electron chi connectivity index (χ2n) is 5.59. The molecule has 1 atom stereocenters. The summed E-state index contributed by atoms with van der Waals surface area (Å²) < 4.78 is 0. The first-order valence-corrected chi connectivity index (χ1v) is 7.98. The first kappa shape index (κ1) is 18.8. The maximum absolute atomic E-state index is 12.3. The van der Waals surface area contributed by atoms with Gasteiger partial charge in [-0.3, -0.25) is 10.2 Å². The van der Waals surface area contributed by atoms with Gasteiger partial charge in [0.1, 0.15) is 6.29 Å². The Morgan fingerprint density at radius 1 is 1.23 bits per heavy atom. The predicted molar refractivity (Wildman–Crippen MR) is 96.4 cm³/mol. The van der Waals surface area contributed by atoms with Crippen LogP contribution in [0.5, 0.6) is 0 Å². The Balaban J connectivity index is 1.84. The Kier molecular flexibility index (Phi) is 6.60. The van der Waals surface area contributed by atoms with Crippen molar-refractivity contribution in [2.45, 2.75) is 18.9 Å². The van der Waals surface area contributed by atoms with E-state index >= 15 is 0 Å². The summed E-state index contributed by atoms with van der Waals surface area (Å²) in [6.45, 7) is 0.260. The van der Waals surface area contributed by atoms with E-state index in [0.29, 0.717) is 24.7 Å². The molecule has 0 heterocycles. The lowest BCUT2D eigenvalue weighted by molar-refractivity contribution is -0.525. The third-order valence-electron chi connectivity index (χ3n) is 3.69. The summed E-state index contributed by atoms with van der Waals surface area (Å²) in [4.78, 5) is 33.6. The molecule has 0 aliphatic rings. The van der Waals surface area contributed by atoms with Crippen molar-refractivity contribution in [3.8, 4) is 0 Å². The molecule has 2 aromatic carbocycles. The maximum atomic E-state index is 12.3. The van der Waals surface area contributed by atoms with Crippen LogP contribution in [0.25, 0.3) is 10.8 Å². The van der Waals surface area contributed by atoms with E-state index in [0.717, 1.165) is 10.8 Å². The average Bonchev–Trinajstić information content (AvgIpc) is 2.63. The summed E-state index contributed by atoms with van der Waals surface area (Å²) in [5.74, 6) is -0.776. The summed E-state index contributed by atoms with van der Waals surface area (Å²) in [6.07, 6.45) is 1.45. The van der Waals surface area contributed by atoms with E-state index < -0.39 is 17.0 Å². The smallest absolute Gasteiger partial charge is 0.251 e. The molecule has 0 spiro atoms. The van der Waals surface area contributed by atoms with Crippen molar-refractivity contribution >= 4 is 28.9 Å². The SMILES string of the molecule is N=C(NCCCC(C=O)NC(=O)c1ccc2ccccc2c1)N[N+](=O)[O-]. The van der Waals surface area contributed by atoms with Crippen molar-refractivity contribution in [1.29, 1.82) is 5.41 Å². The molecule has 0 aliphatic carbocycles. The van der Waals surface area contributed by atoms with Gasteiger partial charge in [0.05, 0.1) is 6.04 Å². The first-order valence-electron chi connectivity index (χ1n) is 7.98. The summed E-state index contributed by atoms with van der Waals surface area (Å²) in [7, 11) is 0. The highest BCUT2D eigenvalue weighted by molar-refractivity contribution is 5.99. The zero-order valence-electron chi connectivity index (χ0n) is 13.9. The van der Waals surface area contributed by atoms with Gasteiger partial charge < -0.3 is 15.4 Å². The average molecular weight is 357 g/mol. The molecule has 4 N–H and O–H groups in total. The Hall–Kier alpha value is -3.49. The molecular formula is C17H19N5O4. The summed E-state index contributed by atoms with van der Waals surface area (Å²) in [6, 6.07) is 12.3. The van der Waals surface area contributed by atoms with Gasteiger partial charge in [-0.25, -0.2) is 10.1 Å². The largest absolute Gasteiger partial charge is 0.352 e. The topological polar surface area (TPSA) is 137 Å². The Morgan fingerprint density at radius 2 is 1.96 bits per heavy atom. The second-order valence-corrected chi connectivity index (χ2v) is 5.59. The number of hydrazine groups is 1. The minimum atomic E-state index is -0.840. The van der Waals surface area contributed by atoms with Crippen LogP contribution in [0, 0.1) is 15.5 Å². The van der Waals surface area contributed by atoms with Crippen molar-refractivity contribution in [3.63, 3.8) is 0 Å². The normalized spacial score (nSPS) is 11.4. The number of nitrogens with zero attached hydrogens (tertiary/aromatic N) is 1. The molecule has 9 nitrogen and oxygen atoms in total. The van der Waals surface area contributed by atoms with Crippen LogP contribution >= 0.6 is 0 Å². The zero-order valence-corrected chi connectivity index (χ0v) is 13.9. The number of benzene rings is 2. The Morgan fingerprint density at radius 3 is 2.65 bits per heavy atom. The lowest BCUT2D eigenvalue weighted by Gasteiger charge is -2.13. The van der Waals surface area contributed by atoms with E-state index in [1.54, 1.807) is 17.6 Å². The van der Waals surface area contributed by atoms with E-state index in [1.165, 1.54) is 0 Å². The summed E-state index contributed by atoms with van der Waals surface area (Å²) in [5.41, 5.74) is 2.13. The summed E-state index contributed by atoms with van der Waals surface area (Å²) in [5, 5.41) is 23.7. The standard InChI is InChI=1S/C17H19N5O4/c18-17(21-22(25)26)19-9-3-6-15(11-23)20-16(24)14-8-7-12-4-1-2-5-13(12)10-14/h1-2,4-5,7-8,10-11,15H,3,6,9H2,(H,20,24)(H3,18,19,21). The van der Waals surface area contributed by atoms with Crippen LogP contribution in [-0.4, -0.2) is 35.8 Å². The maximum Gasteiger partial charge on any atom is 0.251 e. The van der Waals surface area contributed by atoms with Crippen molar-refractivity contribution in [2.24, 2.45) is 0 Å². The number of fused-ring (bicyclic) bond motifs is 1. The van der Waals surface area contributed by atoms with Crippen molar-refractivity contribution in [1.82, 2.24) is 16.1 Å². The van der Waals surface area contributed by atoms with Crippen molar-refractivity contribution < 1.29 is 14.6 Å². The van der Waals surface area contributed by atoms with E-state index in [2.05, 4.69) is 10.6 Å². The van der Waals surface area contributed by atoms with Crippen LogP contribution in [0.15, 0.2) is 42.5 Å². The molecule has 1 amide bonds. The fraction of sp³-hybridized carbons (Fsp3) is 0.235. The molecule has 2 aromatic rings. The van der Waals surface area contributed by atoms with Crippen molar-refractivity contribution in [2.75, 3.05) is 6.54 Å². The number of carbonyl (C=O) groups excluding carboxylic acids is 2. The van der Waals surface area contributed by atoms with Gasteiger partial charge in [-0.2, -0.15) is 0 Å². The lowest BCUT2D eigenvalue weighted by atomic mass is 10.1. The number of aldehydes is 1. The minimum Gasteiger partial charge on any atom is -0.352 e. The molecule has 0 aromatic heterocycles. The minimum absolute atomic E-state index is 0.260. The third-order valence-corrected chi connectivity index (χ3v) is 3.69. The molecule has 0 fully saturated rings. The number of carbonyl (C=O) groups is 2. The number of rotatable bonds is 8. The number of guanidine groups is 1. The molecule has 0 radical (unpaired) electrons. The molecule has 0 saturated heterocycles. The van der Waals surface area contributed by atoms with Gasteiger partial charge in [0.15, 0.2) is 5.03 Å². The molecule has 136 valence electrons. The van der Waals surface area contributed by atoms with Gasteiger partial charge in [-0.1, -0.05) is 35.8 Å². The number of nitro groups is 1. The fourth-order valence-electron chi connectivity index (χ4n) is 2.42. The van der Waals surface area contributed by atoms with Crippen LogP contribution < -0.4 is 16.1 Å². The van der Waals surface area contributed by atoms with Gasteiger partial charge in [-0.05, 0) is 35.7 Å². The van der Waals surface area contributed by atoms with Crippen LogP contribution in [-0.2, 0) is 4.79 Å². The van der Waals surface area contributed by atoms with Gasteiger partial charge >= 0.3 is 0 Å².